The molecule has 0 spiro atoms. The molecule has 46 heavy (non-hydrogen) atoms. The van der Waals surface area contributed by atoms with Gasteiger partial charge in [0.1, 0.15) is 0 Å². The Balaban J connectivity index is 1.24. The molecule has 0 radical (unpaired) electrons. The van der Waals surface area contributed by atoms with Crippen LogP contribution in [0.4, 0.5) is 0 Å². The largest absolute Gasteiger partial charge is 0.256 e. The van der Waals surface area contributed by atoms with E-state index in [9.17, 15) is 0 Å². The van der Waals surface area contributed by atoms with Crippen molar-refractivity contribution < 1.29 is 0 Å². The van der Waals surface area contributed by atoms with Crippen molar-refractivity contribution in [2.24, 2.45) is 0 Å². The number of hydrogen-bond donors (Lipinski definition) is 0. The fraction of sp³-hybridized carbons (Fsp3) is 0. The molecule has 0 fully saturated rings. The topological polar surface area (TPSA) is 51.6 Å². The summed E-state index contributed by atoms with van der Waals surface area (Å²) in [7, 11) is 0. The molecule has 0 aliphatic heterocycles. The van der Waals surface area contributed by atoms with Crippen molar-refractivity contribution in [3.63, 3.8) is 0 Å². The first kappa shape index (κ1) is 26.2. The Kier molecular flexibility index (Phi) is 6.10. The van der Waals surface area contributed by atoms with Crippen LogP contribution in [-0.2, 0) is 0 Å². The van der Waals surface area contributed by atoms with Gasteiger partial charge in [0, 0.05) is 33.8 Å². The Hall–Kier alpha value is -6.26. The van der Waals surface area contributed by atoms with E-state index in [1.54, 1.807) is 0 Å². The highest BCUT2D eigenvalue weighted by molar-refractivity contribution is 5.98. The van der Waals surface area contributed by atoms with Crippen molar-refractivity contribution in [2.45, 2.75) is 0 Å². The molecule has 4 nitrogen and oxygen atoms in total. The second-order valence-corrected chi connectivity index (χ2v) is 11.6. The zero-order valence-corrected chi connectivity index (χ0v) is 24.8. The van der Waals surface area contributed by atoms with Gasteiger partial charge in [0.15, 0.2) is 17.5 Å². The molecule has 0 atom stereocenters. The zero-order valence-electron chi connectivity index (χ0n) is 24.8. The molecular weight excluding hydrogens is 560 g/mol. The predicted molar refractivity (Wildman–Crippen MR) is 189 cm³/mol. The SMILES string of the molecule is c1ccc2cc(-c3ccc4ccc(-c5nc(-c6cccc7ccccc67)nc(-c6cccc7ccccc67)n5)cc4c3)ncc2c1. The average Bonchev–Trinajstić information content (AvgIpc) is 3.13. The molecule has 0 aliphatic rings. The lowest BCUT2D eigenvalue weighted by atomic mass is 10.0. The van der Waals surface area contributed by atoms with E-state index in [4.69, 9.17) is 19.9 Å². The van der Waals surface area contributed by atoms with Crippen LogP contribution in [0, 0.1) is 0 Å². The summed E-state index contributed by atoms with van der Waals surface area (Å²) in [6.45, 7) is 0. The molecule has 0 unspecified atom stereocenters. The fourth-order valence-corrected chi connectivity index (χ4v) is 6.37. The molecule has 0 bridgehead atoms. The first-order chi connectivity index (χ1) is 22.8. The summed E-state index contributed by atoms with van der Waals surface area (Å²) >= 11 is 0. The summed E-state index contributed by atoms with van der Waals surface area (Å²) < 4.78 is 0. The lowest BCUT2D eigenvalue weighted by Crippen LogP contribution is -2.01. The third-order valence-electron chi connectivity index (χ3n) is 8.72. The Morgan fingerprint density at radius 1 is 0.326 bits per heavy atom. The third-order valence-corrected chi connectivity index (χ3v) is 8.72. The van der Waals surface area contributed by atoms with E-state index in [0.29, 0.717) is 17.5 Å². The van der Waals surface area contributed by atoms with Crippen molar-refractivity contribution in [2.75, 3.05) is 0 Å². The zero-order chi connectivity index (χ0) is 30.5. The van der Waals surface area contributed by atoms with E-state index in [2.05, 4.69) is 146 Å². The molecule has 0 aliphatic carbocycles. The van der Waals surface area contributed by atoms with Gasteiger partial charge in [0.25, 0.3) is 0 Å². The third kappa shape index (κ3) is 4.56. The highest BCUT2D eigenvalue weighted by Crippen LogP contribution is 2.34. The second-order valence-electron chi connectivity index (χ2n) is 11.6. The van der Waals surface area contributed by atoms with Gasteiger partial charge in [0.2, 0.25) is 0 Å². The van der Waals surface area contributed by atoms with Crippen LogP contribution in [0.1, 0.15) is 0 Å². The summed E-state index contributed by atoms with van der Waals surface area (Å²) in [5.41, 5.74) is 4.91. The maximum Gasteiger partial charge on any atom is 0.164 e. The van der Waals surface area contributed by atoms with Crippen LogP contribution < -0.4 is 0 Å². The van der Waals surface area contributed by atoms with Crippen LogP contribution in [-0.4, -0.2) is 19.9 Å². The Morgan fingerprint density at radius 2 is 0.848 bits per heavy atom. The summed E-state index contributed by atoms with van der Waals surface area (Å²) in [5, 5.41) is 9.06. The Labute approximate surface area is 265 Å². The monoisotopic (exact) mass is 586 g/mol. The highest BCUT2D eigenvalue weighted by atomic mass is 15.0. The molecule has 0 N–H and O–H groups in total. The summed E-state index contributed by atoms with van der Waals surface area (Å²) in [4.78, 5) is 20.1. The number of benzene rings is 7. The number of hydrogen-bond acceptors (Lipinski definition) is 4. The number of pyridine rings is 1. The maximum absolute atomic E-state index is 5.12. The van der Waals surface area contributed by atoms with Crippen LogP contribution in [0.3, 0.4) is 0 Å². The molecule has 7 aromatic carbocycles. The predicted octanol–water partition coefficient (Wildman–Crippen LogP) is 10.5. The molecular formula is C42H26N4. The quantitative estimate of drug-likeness (QED) is 0.206. The van der Waals surface area contributed by atoms with Gasteiger partial charge < -0.3 is 0 Å². The number of nitrogens with zero attached hydrogens (tertiary/aromatic N) is 4. The average molecular weight is 587 g/mol. The van der Waals surface area contributed by atoms with Crippen molar-refractivity contribution >= 4 is 43.1 Å². The van der Waals surface area contributed by atoms with Crippen LogP contribution in [0.2, 0.25) is 0 Å². The van der Waals surface area contributed by atoms with E-state index < -0.39 is 0 Å². The van der Waals surface area contributed by atoms with Gasteiger partial charge in [-0.15, -0.1) is 0 Å². The minimum atomic E-state index is 0.636. The van der Waals surface area contributed by atoms with Crippen molar-refractivity contribution in [3.8, 4) is 45.4 Å². The van der Waals surface area contributed by atoms with Gasteiger partial charge in [-0.05, 0) is 55.9 Å². The first-order valence-electron chi connectivity index (χ1n) is 15.4. The molecule has 9 rings (SSSR count). The Bertz CT molecular complexity index is 2500. The summed E-state index contributed by atoms with van der Waals surface area (Å²) in [6, 6.07) is 52.7. The minimum Gasteiger partial charge on any atom is -0.256 e. The van der Waals surface area contributed by atoms with Crippen molar-refractivity contribution in [3.05, 3.63) is 158 Å². The van der Waals surface area contributed by atoms with E-state index in [1.165, 1.54) is 5.39 Å². The van der Waals surface area contributed by atoms with E-state index in [1.807, 2.05) is 12.3 Å². The molecule has 214 valence electrons. The maximum atomic E-state index is 5.12. The van der Waals surface area contributed by atoms with E-state index >= 15 is 0 Å². The van der Waals surface area contributed by atoms with Crippen molar-refractivity contribution in [1.82, 2.24) is 19.9 Å². The van der Waals surface area contributed by atoms with Crippen LogP contribution in [0.5, 0.6) is 0 Å². The second kappa shape index (κ2) is 10.7. The highest BCUT2D eigenvalue weighted by Gasteiger charge is 2.16. The number of fused-ring (bicyclic) bond motifs is 4. The summed E-state index contributed by atoms with van der Waals surface area (Å²) in [5.74, 6) is 1.94. The van der Waals surface area contributed by atoms with Crippen molar-refractivity contribution in [1.29, 1.82) is 0 Å². The molecule has 9 aromatic rings. The molecule has 2 heterocycles. The van der Waals surface area contributed by atoms with Gasteiger partial charge in [-0.1, -0.05) is 133 Å². The molecule has 0 amide bonds. The normalized spacial score (nSPS) is 11.5. The first-order valence-corrected chi connectivity index (χ1v) is 15.4. The Morgan fingerprint density at radius 3 is 1.52 bits per heavy atom. The lowest BCUT2D eigenvalue weighted by molar-refractivity contribution is 1.08. The summed E-state index contributed by atoms with van der Waals surface area (Å²) in [6.07, 6.45) is 1.94. The van der Waals surface area contributed by atoms with Gasteiger partial charge >= 0.3 is 0 Å². The number of aromatic nitrogens is 4. The van der Waals surface area contributed by atoms with E-state index in [0.717, 1.165) is 65.7 Å². The van der Waals surface area contributed by atoms with Gasteiger partial charge in [0.05, 0.1) is 5.69 Å². The molecule has 4 heteroatoms. The molecule has 0 saturated heterocycles. The van der Waals surface area contributed by atoms with E-state index in [-0.39, 0.29) is 0 Å². The van der Waals surface area contributed by atoms with Crippen LogP contribution >= 0.6 is 0 Å². The van der Waals surface area contributed by atoms with Crippen LogP contribution in [0.15, 0.2) is 158 Å². The number of rotatable bonds is 4. The standard InChI is InChI=1S/C42H26N4/c1-2-12-33-26-43-39(25-30(33)11-1)31-21-19-27-20-22-32(24-34(27)23-31)40-44-41(37-17-7-13-28-9-3-5-15-35(28)37)46-42(45-40)38-18-8-14-29-10-4-6-16-36(29)38/h1-26H. The molecule has 2 aromatic heterocycles. The van der Waals surface area contributed by atoms with Gasteiger partial charge in [-0.25, -0.2) is 15.0 Å². The lowest BCUT2D eigenvalue weighted by Gasteiger charge is -2.12. The van der Waals surface area contributed by atoms with Gasteiger partial charge in [-0.3, -0.25) is 4.98 Å². The fourth-order valence-electron chi connectivity index (χ4n) is 6.37. The van der Waals surface area contributed by atoms with Crippen LogP contribution in [0.25, 0.3) is 88.5 Å². The smallest absolute Gasteiger partial charge is 0.164 e. The minimum absolute atomic E-state index is 0.636. The molecule has 0 saturated carbocycles. The van der Waals surface area contributed by atoms with Gasteiger partial charge in [-0.2, -0.15) is 0 Å².